The van der Waals surface area contributed by atoms with Crippen LogP contribution in [0.1, 0.15) is 40.7 Å². The molecule has 4 nitrogen and oxygen atoms in total. The van der Waals surface area contributed by atoms with Crippen LogP contribution in [-0.4, -0.2) is 18.8 Å². The number of anilines is 1. The number of amides is 1. The van der Waals surface area contributed by atoms with Crippen molar-refractivity contribution in [2.75, 3.05) is 12.4 Å². The molecule has 1 amide bonds. The summed E-state index contributed by atoms with van der Waals surface area (Å²) in [5.74, 6) is 0.701. The Kier molecular flexibility index (Phi) is 6.13. The average Bonchev–Trinajstić information content (AvgIpc) is 2.58. The highest BCUT2D eigenvalue weighted by Gasteiger charge is 2.10. The number of benzene rings is 2. The largest absolute Gasteiger partial charge is 0.497 e. The molecule has 126 valence electrons. The smallest absolute Gasteiger partial charge is 0.224 e. The van der Waals surface area contributed by atoms with Crippen LogP contribution in [0.15, 0.2) is 42.5 Å². The van der Waals surface area contributed by atoms with E-state index in [0.29, 0.717) is 24.8 Å². The van der Waals surface area contributed by atoms with Gasteiger partial charge in [0, 0.05) is 24.1 Å². The summed E-state index contributed by atoms with van der Waals surface area (Å²) in [5, 5.41) is 2.94. The number of nitrogens with one attached hydrogen (secondary N) is 1. The first-order valence-electron chi connectivity index (χ1n) is 8.04. The van der Waals surface area contributed by atoms with Gasteiger partial charge in [0.1, 0.15) is 5.75 Å². The highest BCUT2D eigenvalue weighted by molar-refractivity contribution is 5.97. The van der Waals surface area contributed by atoms with E-state index >= 15 is 0 Å². The molecule has 2 rings (SSSR count). The highest BCUT2D eigenvalue weighted by atomic mass is 16.5. The van der Waals surface area contributed by atoms with Gasteiger partial charge >= 0.3 is 0 Å². The first-order valence-corrected chi connectivity index (χ1v) is 8.04. The second-order valence-electron chi connectivity index (χ2n) is 5.82. The lowest BCUT2D eigenvalue weighted by atomic mass is 10.0. The van der Waals surface area contributed by atoms with E-state index in [1.165, 1.54) is 0 Å². The number of Topliss-reactive ketones (excluding diaryl/α,β-unsaturated/α-hetero) is 1. The summed E-state index contributed by atoms with van der Waals surface area (Å²) in [6.45, 7) is 3.94. The maximum absolute atomic E-state index is 12.1. The van der Waals surface area contributed by atoms with Gasteiger partial charge in [0.05, 0.1) is 7.11 Å². The van der Waals surface area contributed by atoms with Crippen molar-refractivity contribution in [2.45, 2.75) is 33.1 Å². The predicted octanol–water partition coefficient (Wildman–Crippen LogP) is 4.30. The number of carbonyl (C=O) groups excluding carboxylic acids is 2. The molecule has 4 heteroatoms. The first kappa shape index (κ1) is 17.7. The molecule has 0 bridgehead atoms. The van der Waals surface area contributed by atoms with Crippen molar-refractivity contribution in [1.29, 1.82) is 0 Å². The maximum atomic E-state index is 12.1. The van der Waals surface area contributed by atoms with Gasteiger partial charge in [-0.2, -0.15) is 0 Å². The minimum Gasteiger partial charge on any atom is -0.497 e. The fourth-order valence-electron chi connectivity index (χ4n) is 2.54. The Morgan fingerprint density at radius 1 is 0.958 bits per heavy atom. The number of ether oxygens (including phenoxy) is 1. The Hall–Kier alpha value is -2.62. The number of para-hydroxylation sites is 1. The molecule has 0 atom stereocenters. The Labute approximate surface area is 142 Å². The number of ketones is 1. The van der Waals surface area contributed by atoms with Crippen molar-refractivity contribution in [2.24, 2.45) is 0 Å². The lowest BCUT2D eigenvalue weighted by molar-refractivity contribution is -0.116. The number of rotatable bonds is 7. The summed E-state index contributed by atoms with van der Waals surface area (Å²) in [6, 6.07) is 12.9. The molecule has 2 aromatic carbocycles. The molecule has 1 N–H and O–H groups in total. The average molecular weight is 325 g/mol. The van der Waals surface area contributed by atoms with Crippen molar-refractivity contribution in [3.63, 3.8) is 0 Å². The van der Waals surface area contributed by atoms with E-state index in [9.17, 15) is 9.59 Å². The Balaban J connectivity index is 1.82. The van der Waals surface area contributed by atoms with Crippen LogP contribution in [0, 0.1) is 13.8 Å². The van der Waals surface area contributed by atoms with Crippen LogP contribution in [0.4, 0.5) is 5.69 Å². The van der Waals surface area contributed by atoms with Crippen LogP contribution in [0.5, 0.6) is 5.75 Å². The molecule has 0 spiro atoms. The number of methoxy groups -OCH3 is 1. The zero-order valence-electron chi connectivity index (χ0n) is 14.4. The van der Waals surface area contributed by atoms with E-state index in [-0.39, 0.29) is 11.7 Å². The van der Waals surface area contributed by atoms with Crippen molar-refractivity contribution in [1.82, 2.24) is 0 Å². The van der Waals surface area contributed by atoms with Gasteiger partial charge in [0.2, 0.25) is 5.91 Å². The molecule has 0 saturated heterocycles. The molecule has 0 aliphatic carbocycles. The van der Waals surface area contributed by atoms with Gasteiger partial charge in [-0.05, 0) is 55.7 Å². The third-order valence-corrected chi connectivity index (χ3v) is 3.97. The third-order valence-electron chi connectivity index (χ3n) is 3.97. The second-order valence-corrected chi connectivity index (χ2v) is 5.82. The number of hydrogen-bond acceptors (Lipinski definition) is 3. The van der Waals surface area contributed by atoms with Crippen molar-refractivity contribution >= 4 is 17.4 Å². The number of hydrogen-bond donors (Lipinski definition) is 1. The predicted molar refractivity (Wildman–Crippen MR) is 95.7 cm³/mol. The molecule has 0 aromatic heterocycles. The van der Waals surface area contributed by atoms with E-state index in [2.05, 4.69) is 5.32 Å². The van der Waals surface area contributed by atoms with Gasteiger partial charge < -0.3 is 10.1 Å². The lowest BCUT2D eigenvalue weighted by Crippen LogP contribution is -2.13. The molecule has 24 heavy (non-hydrogen) atoms. The van der Waals surface area contributed by atoms with Gasteiger partial charge in [-0.15, -0.1) is 0 Å². The van der Waals surface area contributed by atoms with Crippen LogP contribution >= 0.6 is 0 Å². The van der Waals surface area contributed by atoms with E-state index in [1.54, 1.807) is 31.4 Å². The Morgan fingerprint density at radius 2 is 1.58 bits per heavy atom. The summed E-state index contributed by atoms with van der Waals surface area (Å²) in [7, 11) is 1.59. The second kappa shape index (κ2) is 8.29. The summed E-state index contributed by atoms with van der Waals surface area (Å²) in [5.41, 5.74) is 3.59. The molecular formula is C20H23NO3. The maximum Gasteiger partial charge on any atom is 0.224 e. The van der Waals surface area contributed by atoms with Crippen LogP contribution in [0.2, 0.25) is 0 Å². The fraction of sp³-hybridized carbons (Fsp3) is 0.300. The lowest BCUT2D eigenvalue weighted by Gasteiger charge is -2.11. The van der Waals surface area contributed by atoms with Crippen LogP contribution in [-0.2, 0) is 4.79 Å². The van der Waals surface area contributed by atoms with Crippen LogP contribution < -0.4 is 10.1 Å². The van der Waals surface area contributed by atoms with Gasteiger partial charge in [-0.25, -0.2) is 0 Å². The van der Waals surface area contributed by atoms with E-state index in [4.69, 9.17) is 4.74 Å². The summed E-state index contributed by atoms with van der Waals surface area (Å²) >= 11 is 0. The molecule has 0 aliphatic heterocycles. The fourth-order valence-corrected chi connectivity index (χ4v) is 2.54. The molecular weight excluding hydrogens is 302 g/mol. The summed E-state index contributed by atoms with van der Waals surface area (Å²) in [6.07, 6.45) is 1.21. The minimum absolute atomic E-state index is 0.0394. The number of carbonyl (C=O) groups is 2. The molecule has 0 heterocycles. The van der Waals surface area contributed by atoms with Gasteiger partial charge in [-0.1, -0.05) is 18.2 Å². The van der Waals surface area contributed by atoms with E-state index in [0.717, 1.165) is 22.6 Å². The zero-order valence-corrected chi connectivity index (χ0v) is 14.4. The third kappa shape index (κ3) is 4.69. The summed E-state index contributed by atoms with van der Waals surface area (Å²) < 4.78 is 5.07. The van der Waals surface area contributed by atoms with Crippen molar-refractivity contribution in [3.05, 3.63) is 59.2 Å². The minimum atomic E-state index is -0.0602. The molecule has 0 fully saturated rings. The monoisotopic (exact) mass is 325 g/mol. The molecule has 0 radical (unpaired) electrons. The molecule has 0 aliphatic rings. The van der Waals surface area contributed by atoms with Crippen LogP contribution in [0.25, 0.3) is 0 Å². The standard InChI is InChI=1S/C20H23NO3/c1-14-6-4-7-15(2)20(14)21-19(23)9-5-8-18(22)16-10-12-17(24-3)13-11-16/h4,6-7,10-13H,5,8-9H2,1-3H3,(H,21,23). The Morgan fingerprint density at radius 3 is 2.17 bits per heavy atom. The van der Waals surface area contributed by atoms with Gasteiger partial charge in [0.25, 0.3) is 0 Å². The number of aryl methyl sites for hydroxylation is 2. The quantitative estimate of drug-likeness (QED) is 0.772. The molecule has 2 aromatic rings. The topological polar surface area (TPSA) is 55.4 Å². The van der Waals surface area contributed by atoms with E-state index < -0.39 is 0 Å². The SMILES string of the molecule is COc1ccc(C(=O)CCCC(=O)Nc2c(C)cccc2C)cc1. The zero-order chi connectivity index (χ0) is 17.5. The van der Waals surface area contributed by atoms with Gasteiger partial charge in [0.15, 0.2) is 5.78 Å². The van der Waals surface area contributed by atoms with Gasteiger partial charge in [-0.3, -0.25) is 9.59 Å². The van der Waals surface area contributed by atoms with Crippen molar-refractivity contribution < 1.29 is 14.3 Å². The summed E-state index contributed by atoms with van der Waals surface area (Å²) in [4.78, 5) is 24.2. The van der Waals surface area contributed by atoms with Crippen LogP contribution in [0.3, 0.4) is 0 Å². The molecule has 0 saturated carbocycles. The normalized spacial score (nSPS) is 10.3. The molecule has 0 unspecified atom stereocenters. The Bertz CT molecular complexity index is 700. The first-order chi connectivity index (χ1) is 11.5. The van der Waals surface area contributed by atoms with E-state index in [1.807, 2.05) is 32.0 Å². The highest BCUT2D eigenvalue weighted by Crippen LogP contribution is 2.20. The van der Waals surface area contributed by atoms with Crippen molar-refractivity contribution in [3.8, 4) is 5.75 Å².